The second-order valence-electron chi connectivity index (χ2n) is 2.67. The molecule has 1 heterocycles. The molecule has 1 atom stereocenters. The van der Waals surface area contributed by atoms with Gasteiger partial charge in [0.1, 0.15) is 5.75 Å². The maximum absolute atomic E-state index is 5.63. The Hall–Kier alpha value is -0.550. The van der Waals surface area contributed by atoms with Crippen LogP contribution < -0.4 is 4.52 Å². The minimum atomic E-state index is -1.39. The molecule has 1 aliphatic heterocycles. The van der Waals surface area contributed by atoms with Crippen LogP contribution in [0.1, 0.15) is 5.56 Å². The van der Waals surface area contributed by atoms with Gasteiger partial charge in [-0.15, -0.1) is 0 Å². The van der Waals surface area contributed by atoms with E-state index in [1.54, 1.807) is 0 Å². The van der Waals surface area contributed by atoms with Gasteiger partial charge in [0.25, 0.3) is 0 Å². The molecule has 0 N–H and O–H groups in total. The van der Waals surface area contributed by atoms with Crippen LogP contribution in [0.3, 0.4) is 0 Å². The quantitative estimate of drug-likeness (QED) is 0.694. The molecule has 72 valence electrons. The predicted molar refractivity (Wildman–Crippen MR) is 61.2 cm³/mol. The highest BCUT2D eigenvalue weighted by Crippen LogP contribution is 2.42. The molecule has 0 radical (unpaired) electrons. The van der Waals surface area contributed by atoms with Crippen molar-refractivity contribution in [3.05, 3.63) is 29.8 Å². The third kappa shape index (κ3) is 2.72. The summed E-state index contributed by atoms with van der Waals surface area (Å²) in [5.74, 6) is 0.846. The number of aryl methyl sites for hydroxylation is 1. The lowest BCUT2D eigenvalue weighted by Gasteiger charge is -2.06. The first kappa shape index (κ1) is 9.98. The maximum atomic E-state index is 5.63. The minimum Gasteiger partial charge on any atom is -0.443 e. The van der Waals surface area contributed by atoms with Gasteiger partial charge >= 0.3 is 0 Å². The molecule has 0 bridgehead atoms. The fourth-order valence-electron chi connectivity index (χ4n) is 0.979. The molecule has 0 spiro atoms. The van der Waals surface area contributed by atoms with Crippen LogP contribution in [0.5, 0.6) is 5.75 Å². The van der Waals surface area contributed by atoms with Gasteiger partial charge in [-0.05, 0) is 24.6 Å². The lowest BCUT2D eigenvalue weighted by atomic mass is 10.2. The number of hydrogen-bond donors (Lipinski definition) is 0. The molecule has 1 aromatic carbocycles. The zero-order valence-corrected chi connectivity index (χ0v) is 10.2. The van der Waals surface area contributed by atoms with E-state index < -0.39 is 8.09 Å². The highest BCUT2D eigenvalue weighted by molar-refractivity contribution is 7.56. The van der Waals surface area contributed by atoms with Gasteiger partial charge in [-0.2, -0.15) is 13.5 Å². The Morgan fingerprint density at radius 1 is 1.36 bits per heavy atom. The fraction of sp³-hybridized carbons (Fsp3) is 0.143. The van der Waals surface area contributed by atoms with E-state index >= 15 is 0 Å². The van der Waals surface area contributed by atoms with Gasteiger partial charge < -0.3 is 4.52 Å². The molecule has 4 nitrogen and oxygen atoms in total. The van der Waals surface area contributed by atoms with Crippen molar-refractivity contribution in [3.63, 3.8) is 0 Å². The summed E-state index contributed by atoms with van der Waals surface area (Å²) in [5.41, 5.74) is 1.18. The highest BCUT2D eigenvalue weighted by atomic mass is 31.2. The molecule has 0 aromatic heterocycles. The van der Waals surface area contributed by atoms with Crippen molar-refractivity contribution >= 4 is 25.1 Å². The Balaban J connectivity index is 2.15. The van der Waals surface area contributed by atoms with E-state index in [4.69, 9.17) is 4.52 Å². The molecule has 0 aliphatic carbocycles. The third-order valence-corrected chi connectivity index (χ3v) is 4.68. The molecule has 14 heavy (non-hydrogen) atoms. The third-order valence-electron chi connectivity index (χ3n) is 1.54. The molecule has 1 aromatic rings. The fourth-order valence-corrected chi connectivity index (χ4v) is 3.96. The lowest BCUT2D eigenvalue weighted by Crippen LogP contribution is -1.79. The molecule has 0 saturated carbocycles. The molecule has 0 fully saturated rings. The van der Waals surface area contributed by atoms with E-state index in [1.807, 2.05) is 31.2 Å². The van der Waals surface area contributed by atoms with Crippen LogP contribution >= 0.6 is 25.1 Å². The van der Waals surface area contributed by atoms with Crippen molar-refractivity contribution in [3.8, 4) is 5.75 Å². The van der Waals surface area contributed by atoms with Crippen molar-refractivity contribution in [1.29, 1.82) is 0 Å². The zero-order valence-electron chi connectivity index (χ0n) is 7.45. The zero-order chi connectivity index (χ0) is 9.80. The minimum absolute atomic E-state index is 0.743. The van der Waals surface area contributed by atoms with Crippen LogP contribution in [-0.4, -0.2) is 0 Å². The first-order valence-corrected chi connectivity index (χ1v) is 6.88. The monoisotopic (exact) mass is 243 g/mol. The summed E-state index contributed by atoms with van der Waals surface area (Å²) in [6.07, 6.45) is 0. The summed E-state index contributed by atoms with van der Waals surface area (Å²) >= 11 is 0. The van der Waals surface area contributed by atoms with Gasteiger partial charge in [-0.3, -0.25) is 0 Å². The summed E-state index contributed by atoms with van der Waals surface area (Å²) in [6, 6.07) is 7.92. The maximum Gasteiger partial charge on any atom is 0.249 e. The molecular weight excluding hydrogens is 235 g/mol. The van der Waals surface area contributed by atoms with E-state index in [9.17, 15) is 0 Å². The average molecular weight is 243 g/mol. The van der Waals surface area contributed by atoms with Gasteiger partial charge in [0.2, 0.25) is 8.09 Å². The molecule has 2 rings (SSSR count). The van der Waals surface area contributed by atoms with Crippen molar-refractivity contribution in [2.24, 2.45) is 13.5 Å². The smallest absolute Gasteiger partial charge is 0.249 e. The number of nitrogens with zero attached hydrogens (tertiary/aromatic N) is 3. The predicted octanol–water partition coefficient (Wildman–Crippen LogP) is 4.70. The van der Waals surface area contributed by atoms with Crippen molar-refractivity contribution < 1.29 is 4.52 Å². The summed E-state index contributed by atoms with van der Waals surface area (Å²) in [4.78, 5) is 0. The standard InChI is InChI=1S/C7H8N3OP3/c1-6-3-2-4-7(5-6)11-14-9-12-8-13-10-14/h2-5,14H,1H3. The summed E-state index contributed by atoms with van der Waals surface area (Å²) < 4.78 is 17.9. The van der Waals surface area contributed by atoms with E-state index in [2.05, 4.69) is 13.5 Å². The Bertz CT molecular complexity index is 430. The molecule has 1 aliphatic rings. The summed E-state index contributed by atoms with van der Waals surface area (Å²) in [6.45, 7) is 2.03. The Morgan fingerprint density at radius 3 is 3.00 bits per heavy atom. The topological polar surface area (TPSA) is 46.3 Å². The second-order valence-corrected chi connectivity index (χ2v) is 6.11. The van der Waals surface area contributed by atoms with Crippen molar-refractivity contribution in [2.45, 2.75) is 6.92 Å². The van der Waals surface area contributed by atoms with Crippen LogP contribution in [0.2, 0.25) is 0 Å². The second kappa shape index (κ2) is 4.79. The normalized spacial score (nSPS) is 21.4. The van der Waals surface area contributed by atoms with E-state index in [0.29, 0.717) is 0 Å². The molecule has 0 saturated heterocycles. The van der Waals surface area contributed by atoms with Crippen LogP contribution in [-0.2, 0) is 0 Å². The summed E-state index contributed by atoms with van der Waals surface area (Å²) in [7, 11) is 0.100. The molecule has 7 heteroatoms. The van der Waals surface area contributed by atoms with Crippen LogP contribution in [0.25, 0.3) is 0 Å². The first-order chi connectivity index (χ1) is 6.84. The number of rotatable bonds is 2. The van der Waals surface area contributed by atoms with Gasteiger partial charge in [-0.1, -0.05) is 12.1 Å². The van der Waals surface area contributed by atoms with Crippen LogP contribution in [0.15, 0.2) is 37.8 Å². The van der Waals surface area contributed by atoms with Gasteiger partial charge in [0.15, 0.2) is 17.0 Å². The van der Waals surface area contributed by atoms with Crippen molar-refractivity contribution in [2.75, 3.05) is 0 Å². The van der Waals surface area contributed by atoms with Crippen LogP contribution in [0, 0.1) is 6.92 Å². The van der Waals surface area contributed by atoms with E-state index in [0.717, 1.165) is 22.8 Å². The van der Waals surface area contributed by atoms with Crippen LogP contribution in [0.4, 0.5) is 0 Å². The number of benzene rings is 1. The van der Waals surface area contributed by atoms with Gasteiger partial charge in [-0.25, -0.2) is 0 Å². The largest absolute Gasteiger partial charge is 0.443 e. The molecule has 1 unspecified atom stereocenters. The molecular formula is C7H8N3OP3. The molecule has 0 amide bonds. The van der Waals surface area contributed by atoms with Gasteiger partial charge in [0.05, 0.1) is 0 Å². The Labute approximate surface area is 86.2 Å². The van der Waals surface area contributed by atoms with E-state index in [1.165, 1.54) is 5.56 Å². The first-order valence-electron chi connectivity index (χ1n) is 3.98. The SMILES string of the molecule is Cc1cccc(O[PH]2=NP=NP=N2)c1. The highest BCUT2D eigenvalue weighted by Gasteiger charge is 1.99. The lowest BCUT2D eigenvalue weighted by molar-refractivity contribution is 0.624. The van der Waals surface area contributed by atoms with Crippen molar-refractivity contribution in [1.82, 2.24) is 0 Å². The number of hydrogen-bond acceptors (Lipinski definition) is 4. The van der Waals surface area contributed by atoms with Gasteiger partial charge in [0, 0.05) is 0 Å². The Morgan fingerprint density at radius 2 is 2.29 bits per heavy atom. The summed E-state index contributed by atoms with van der Waals surface area (Å²) in [5, 5.41) is 0. The van der Waals surface area contributed by atoms with E-state index in [-0.39, 0.29) is 0 Å². The Kier molecular flexibility index (Phi) is 3.42. The average Bonchev–Trinajstić information content (AvgIpc) is 2.19.